The smallest absolute Gasteiger partial charge is 0.321 e. The van der Waals surface area contributed by atoms with Crippen LogP contribution in [0.25, 0.3) is 0 Å². The van der Waals surface area contributed by atoms with Crippen LogP contribution in [0.1, 0.15) is 63.0 Å². The lowest BCUT2D eigenvalue weighted by Crippen LogP contribution is -2.39. The van der Waals surface area contributed by atoms with E-state index in [1.807, 2.05) is 13.0 Å². The number of carbonyl (C=O) groups excluding carboxylic acids is 2. The second kappa shape index (κ2) is 10.0. The third kappa shape index (κ3) is 5.38. The van der Waals surface area contributed by atoms with Crippen LogP contribution < -0.4 is 10.2 Å². The number of nitrogens with zero attached hydrogens (tertiary/aromatic N) is 1. The summed E-state index contributed by atoms with van der Waals surface area (Å²) in [6, 6.07) is 6.17. The number of amides is 2. The summed E-state index contributed by atoms with van der Waals surface area (Å²) in [5.41, 5.74) is 3.30. The van der Waals surface area contributed by atoms with E-state index in [4.69, 9.17) is 0 Å². The van der Waals surface area contributed by atoms with Gasteiger partial charge in [-0.3, -0.25) is 4.90 Å². The van der Waals surface area contributed by atoms with Crippen molar-refractivity contribution in [1.82, 2.24) is 5.32 Å². The first kappa shape index (κ1) is 19.2. The lowest BCUT2D eigenvalue weighted by Gasteiger charge is -2.25. The molecule has 4 nitrogen and oxygen atoms in total. The fourth-order valence-corrected chi connectivity index (χ4v) is 3.06. The van der Waals surface area contributed by atoms with Crippen molar-refractivity contribution in [2.75, 3.05) is 18.5 Å². The number of hydrogen-bond donors (Lipinski definition) is 1. The van der Waals surface area contributed by atoms with Crippen molar-refractivity contribution < 1.29 is 9.59 Å². The molecular formula is C19H30N2O2. The molecule has 1 aromatic carbocycles. The number of aryl methyl sites for hydroxylation is 1. The number of hydrogen-bond acceptors (Lipinski definition) is 2. The van der Waals surface area contributed by atoms with E-state index in [1.54, 1.807) is 11.9 Å². The number of urea groups is 1. The Morgan fingerprint density at radius 2 is 1.91 bits per heavy atom. The number of carbonyl (C=O) groups is 2. The highest BCUT2D eigenvalue weighted by atomic mass is 16.2. The number of nitrogens with one attached hydrogen (secondary N) is 1. The van der Waals surface area contributed by atoms with Crippen molar-refractivity contribution in [3.63, 3.8) is 0 Å². The Morgan fingerprint density at radius 1 is 1.26 bits per heavy atom. The number of benzene rings is 1. The molecule has 23 heavy (non-hydrogen) atoms. The molecule has 4 heteroatoms. The summed E-state index contributed by atoms with van der Waals surface area (Å²) in [5, 5.41) is 2.65. The zero-order valence-electron chi connectivity index (χ0n) is 14.9. The second-order valence-corrected chi connectivity index (χ2v) is 5.98. The Hall–Kier alpha value is -1.84. The van der Waals surface area contributed by atoms with Crippen molar-refractivity contribution in [3.05, 3.63) is 29.3 Å². The van der Waals surface area contributed by atoms with Gasteiger partial charge < -0.3 is 10.1 Å². The van der Waals surface area contributed by atoms with Gasteiger partial charge in [-0.25, -0.2) is 4.79 Å². The third-order valence-electron chi connectivity index (χ3n) is 4.19. The van der Waals surface area contributed by atoms with Crippen molar-refractivity contribution >= 4 is 18.0 Å². The van der Waals surface area contributed by atoms with E-state index in [9.17, 15) is 9.59 Å². The van der Waals surface area contributed by atoms with Crippen LogP contribution in [0.4, 0.5) is 10.5 Å². The first-order valence-electron chi connectivity index (χ1n) is 8.62. The van der Waals surface area contributed by atoms with Gasteiger partial charge >= 0.3 is 6.03 Å². The monoisotopic (exact) mass is 318 g/mol. The van der Waals surface area contributed by atoms with Gasteiger partial charge in [0, 0.05) is 25.7 Å². The summed E-state index contributed by atoms with van der Waals surface area (Å²) in [7, 11) is 1.61. The molecule has 0 aliphatic heterocycles. The molecule has 0 fully saturated rings. The summed E-state index contributed by atoms with van der Waals surface area (Å²) in [6.07, 6.45) is 5.92. The maximum atomic E-state index is 12.1. The zero-order chi connectivity index (χ0) is 17.2. The minimum absolute atomic E-state index is 0.179. The Kier molecular flexibility index (Phi) is 8.38. The molecule has 2 amide bonds. The standard InChI is InChI=1S/C19H30N2O2/c1-5-8-16(9-6-2)17-10-11-18(15(3)14-17)21(12-7-13-22)19(23)20-4/h10-11,13-14,16H,5-9,12H2,1-4H3,(H,20,23). The summed E-state index contributed by atoms with van der Waals surface area (Å²) in [5.74, 6) is 0.584. The van der Waals surface area contributed by atoms with Crippen LogP contribution in [0.15, 0.2) is 18.2 Å². The van der Waals surface area contributed by atoms with Gasteiger partial charge in [-0.15, -0.1) is 0 Å². The molecule has 0 saturated carbocycles. The average Bonchev–Trinajstić information content (AvgIpc) is 2.55. The van der Waals surface area contributed by atoms with E-state index in [1.165, 1.54) is 31.2 Å². The molecule has 0 aliphatic rings. The Bertz CT molecular complexity index is 508. The van der Waals surface area contributed by atoms with Crippen LogP contribution in [-0.4, -0.2) is 25.9 Å². The summed E-state index contributed by atoms with van der Waals surface area (Å²) in [6.45, 7) is 6.87. The van der Waals surface area contributed by atoms with Gasteiger partial charge in [0.1, 0.15) is 6.29 Å². The van der Waals surface area contributed by atoms with E-state index < -0.39 is 0 Å². The van der Waals surface area contributed by atoms with Gasteiger partial charge in [-0.2, -0.15) is 0 Å². The number of rotatable bonds is 9. The molecule has 0 unspecified atom stereocenters. The molecule has 0 bridgehead atoms. The quantitative estimate of drug-likeness (QED) is 0.685. The molecule has 1 N–H and O–H groups in total. The predicted molar refractivity (Wildman–Crippen MR) is 96.2 cm³/mol. The molecule has 0 saturated heterocycles. The van der Waals surface area contributed by atoms with E-state index in [2.05, 4.69) is 31.3 Å². The largest absolute Gasteiger partial charge is 0.341 e. The molecule has 0 spiro atoms. The van der Waals surface area contributed by atoms with Crippen molar-refractivity contribution in [2.45, 2.75) is 58.8 Å². The van der Waals surface area contributed by atoms with Gasteiger partial charge in [0.05, 0.1) is 0 Å². The Balaban J connectivity index is 3.08. The highest BCUT2D eigenvalue weighted by molar-refractivity contribution is 5.92. The van der Waals surface area contributed by atoms with Gasteiger partial charge in [-0.05, 0) is 42.9 Å². The third-order valence-corrected chi connectivity index (χ3v) is 4.19. The topological polar surface area (TPSA) is 49.4 Å². The molecule has 0 aromatic heterocycles. The van der Waals surface area contributed by atoms with Crippen LogP contribution in [-0.2, 0) is 4.79 Å². The maximum absolute atomic E-state index is 12.1. The number of anilines is 1. The van der Waals surface area contributed by atoms with Crippen LogP contribution >= 0.6 is 0 Å². The molecule has 1 rings (SSSR count). The highest BCUT2D eigenvalue weighted by Crippen LogP contribution is 2.30. The lowest BCUT2D eigenvalue weighted by molar-refractivity contribution is -0.107. The van der Waals surface area contributed by atoms with Gasteiger partial charge in [0.2, 0.25) is 0 Å². The molecular weight excluding hydrogens is 288 g/mol. The van der Waals surface area contributed by atoms with Crippen LogP contribution in [0, 0.1) is 6.92 Å². The summed E-state index contributed by atoms with van der Waals surface area (Å²) in [4.78, 5) is 24.4. The van der Waals surface area contributed by atoms with Crippen LogP contribution in [0.5, 0.6) is 0 Å². The van der Waals surface area contributed by atoms with E-state index in [0.29, 0.717) is 18.9 Å². The zero-order valence-corrected chi connectivity index (χ0v) is 14.9. The Labute approximate surface area is 140 Å². The molecule has 0 aliphatic carbocycles. The van der Waals surface area contributed by atoms with E-state index in [-0.39, 0.29) is 6.03 Å². The predicted octanol–water partition coefficient (Wildman–Crippen LogP) is 4.41. The highest BCUT2D eigenvalue weighted by Gasteiger charge is 2.18. The first-order chi connectivity index (χ1) is 11.1. The average molecular weight is 318 g/mol. The van der Waals surface area contributed by atoms with Crippen molar-refractivity contribution in [2.24, 2.45) is 0 Å². The lowest BCUT2D eigenvalue weighted by atomic mass is 9.89. The molecule has 0 atom stereocenters. The van der Waals surface area contributed by atoms with Gasteiger partial charge in [-0.1, -0.05) is 38.8 Å². The fraction of sp³-hybridized carbons (Fsp3) is 0.579. The van der Waals surface area contributed by atoms with Gasteiger partial charge in [0.15, 0.2) is 0 Å². The summed E-state index contributed by atoms with van der Waals surface area (Å²) >= 11 is 0. The molecule has 0 radical (unpaired) electrons. The second-order valence-electron chi connectivity index (χ2n) is 5.98. The first-order valence-corrected chi connectivity index (χ1v) is 8.62. The molecule has 0 heterocycles. The molecule has 128 valence electrons. The van der Waals surface area contributed by atoms with Crippen LogP contribution in [0.2, 0.25) is 0 Å². The SMILES string of the molecule is CCCC(CCC)c1ccc(N(CCC=O)C(=O)NC)c(C)c1. The normalized spacial score (nSPS) is 10.7. The Morgan fingerprint density at radius 3 is 2.39 bits per heavy atom. The maximum Gasteiger partial charge on any atom is 0.321 e. The van der Waals surface area contributed by atoms with Crippen molar-refractivity contribution in [1.29, 1.82) is 0 Å². The molecule has 1 aromatic rings. The fourth-order valence-electron chi connectivity index (χ4n) is 3.06. The van der Waals surface area contributed by atoms with Gasteiger partial charge in [0.25, 0.3) is 0 Å². The minimum atomic E-state index is -0.179. The summed E-state index contributed by atoms with van der Waals surface area (Å²) < 4.78 is 0. The van der Waals surface area contributed by atoms with E-state index in [0.717, 1.165) is 17.5 Å². The van der Waals surface area contributed by atoms with Crippen LogP contribution in [0.3, 0.4) is 0 Å². The minimum Gasteiger partial charge on any atom is -0.341 e. The number of aldehydes is 1. The van der Waals surface area contributed by atoms with Crippen molar-refractivity contribution in [3.8, 4) is 0 Å². The van der Waals surface area contributed by atoms with E-state index >= 15 is 0 Å².